The second kappa shape index (κ2) is 10.4. The number of carbonyl (C=O) groups excluding carboxylic acids is 1. The third-order valence-electron chi connectivity index (χ3n) is 6.13. The summed E-state index contributed by atoms with van der Waals surface area (Å²) >= 11 is 0. The minimum absolute atomic E-state index is 0.0104. The van der Waals surface area contributed by atoms with Gasteiger partial charge in [-0.1, -0.05) is 12.1 Å². The number of amides is 1. The number of benzene rings is 2. The Morgan fingerprint density at radius 2 is 1.92 bits per heavy atom. The fourth-order valence-electron chi connectivity index (χ4n) is 4.11. The summed E-state index contributed by atoms with van der Waals surface area (Å²) in [6, 6.07) is 12.0. The molecule has 11 heteroatoms. The van der Waals surface area contributed by atoms with Gasteiger partial charge in [-0.05, 0) is 67.4 Å². The standard InChI is InChI=1S/C28H24F3N7O/c1-18-5-6-20(10-25(18)36-38-16-33-9-7-26(38)21-4-3-8-32-14-21)27(39)35-23-11-22(28(29,30)31)12-24(13-23)37-15-19(2)34-17-37/h3-17,26,36H,1-2H3,(H,35,39). The number of hydrogen-bond donors (Lipinski definition) is 2. The van der Waals surface area contributed by atoms with E-state index >= 15 is 0 Å². The minimum Gasteiger partial charge on any atom is -0.322 e. The first-order valence-corrected chi connectivity index (χ1v) is 12.0. The first-order chi connectivity index (χ1) is 18.7. The van der Waals surface area contributed by atoms with Crippen LogP contribution < -0.4 is 10.7 Å². The van der Waals surface area contributed by atoms with Crippen LogP contribution in [0.2, 0.25) is 0 Å². The van der Waals surface area contributed by atoms with Gasteiger partial charge in [-0.3, -0.25) is 20.2 Å². The summed E-state index contributed by atoms with van der Waals surface area (Å²) in [6.45, 7) is 3.62. The molecule has 5 rings (SSSR count). The van der Waals surface area contributed by atoms with Gasteiger partial charge >= 0.3 is 6.18 Å². The summed E-state index contributed by atoms with van der Waals surface area (Å²) in [4.78, 5) is 25.6. The lowest BCUT2D eigenvalue weighted by Gasteiger charge is -2.31. The van der Waals surface area contributed by atoms with Crippen molar-refractivity contribution in [3.05, 3.63) is 114 Å². The van der Waals surface area contributed by atoms with E-state index in [-0.39, 0.29) is 23.0 Å². The van der Waals surface area contributed by atoms with Gasteiger partial charge in [-0.15, -0.1) is 0 Å². The maximum atomic E-state index is 13.6. The molecule has 1 amide bonds. The Balaban J connectivity index is 1.40. The average Bonchev–Trinajstić information content (AvgIpc) is 3.36. The molecule has 2 aromatic heterocycles. The quantitative estimate of drug-likeness (QED) is 0.315. The fraction of sp³-hybridized carbons (Fsp3) is 0.143. The third kappa shape index (κ3) is 5.82. The molecule has 2 N–H and O–H groups in total. The van der Waals surface area contributed by atoms with Gasteiger partial charge in [0, 0.05) is 41.7 Å². The molecular weight excluding hydrogens is 507 g/mol. The van der Waals surface area contributed by atoms with Crippen molar-refractivity contribution in [2.75, 3.05) is 10.7 Å². The Hall–Kier alpha value is -4.93. The highest BCUT2D eigenvalue weighted by molar-refractivity contribution is 6.05. The molecule has 1 aliphatic heterocycles. The van der Waals surface area contributed by atoms with Gasteiger partial charge in [0.05, 0.1) is 29.3 Å². The molecule has 0 spiro atoms. The summed E-state index contributed by atoms with van der Waals surface area (Å²) in [6.07, 6.45) is 7.12. The van der Waals surface area contributed by atoms with Gasteiger partial charge in [-0.2, -0.15) is 13.2 Å². The Labute approximate surface area is 222 Å². The van der Waals surface area contributed by atoms with E-state index in [1.807, 2.05) is 25.1 Å². The monoisotopic (exact) mass is 531 g/mol. The Kier molecular flexibility index (Phi) is 6.88. The van der Waals surface area contributed by atoms with Crippen molar-refractivity contribution < 1.29 is 18.0 Å². The van der Waals surface area contributed by atoms with Crippen LogP contribution >= 0.6 is 0 Å². The number of nitrogens with one attached hydrogen (secondary N) is 2. The number of pyridine rings is 1. The van der Waals surface area contributed by atoms with Crippen molar-refractivity contribution in [3.8, 4) is 5.69 Å². The van der Waals surface area contributed by atoms with E-state index in [0.717, 1.165) is 23.3 Å². The molecule has 4 aromatic rings. The number of anilines is 2. The molecule has 0 saturated carbocycles. The second-order valence-electron chi connectivity index (χ2n) is 9.03. The average molecular weight is 532 g/mol. The predicted molar refractivity (Wildman–Crippen MR) is 143 cm³/mol. The number of carbonyl (C=O) groups is 1. The van der Waals surface area contributed by atoms with Crippen LogP contribution in [0.3, 0.4) is 0 Å². The van der Waals surface area contributed by atoms with E-state index in [0.29, 0.717) is 11.4 Å². The molecule has 0 saturated heterocycles. The van der Waals surface area contributed by atoms with Gasteiger partial charge in [0.15, 0.2) is 0 Å². The number of hydrogen-bond acceptors (Lipinski definition) is 6. The zero-order chi connectivity index (χ0) is 27.6. The van der Waals surface area contributed by atoms with Gasteiger partial charge in [0.2, 0.25) is 0 Å². The Bertz CT molecular complexity index is 1560. The second-order valence-corrected chi connectivity index (χ2v) is 9.03. The van der Waals surface area contributed by atoms with E-state index in [1.165, 1.54) is 17.0 Å². The lowest BCUT2D eigenvalue weighted by atomic mass is 10.1. The van der Waals surface area contributed by atoms with Crippen molar-refractivity contribution >= 4 is 23.6 Å². The van der Waals surface area contributed by atoms with Crippen LogP contribution in [0.1, 0.15) is 38.8 Å². The summed E-state index contributed by atoms with van der Waals surface area (Å²) < 4.78 is 42.4. The molecule has 0 aliphatic carbocycles. The molecular formula is C28H24F3N7O. The number of hydrazine groups is 1. The van der Waals surface area contributed by atoms with Crippen LogP contribution in [-0.2, 0) is 6.18 Å². The highest BCUT2D eigenvalue weighted by Crippen LogP contribution is 2.33. The van der Waals surface area contributed by atoms with Crippen LogP contribution in [0.25, 0.3) is 5.69 Å². The first kappa shape index (κ1) is 25.7. The molecule has 198 valence electrons. The number of imidazole rings is 1. The molecule has 1 aliphatic rings. The summed E-state index contributed by atoms with van der Waals surface area (Å²) in [5.41, 5.74) is 5.99. The summed E-state index contributed by atoms with van der Waals surface area (Å²) in [5.74, 6) is -0.554. The lowest BCUT2D eigenvalue weighted by Crippen LogP contribution is -2.33. The van der Waals surface area contributed by atoms with Crippen LogP contribution in [0.5, 0.6) is 0 Å². The van der Waals surface area contributed by atoms with Crippen molar-refractivity contribution in [3.63, 3.8) is 0 Å². The SMILES string of the molecule is Cc1cn(-c2cc(NC(=O)c3ccc(C)c(NN4C=NC=CC4c4cccnc4)c3)cc(C(F)(F)F)c2)cn1. The van der Waals surface area contributed by atoms with Crippen molar-refractivity contribution in [2.45, 2.75) is 26.1 Å². The number of alkyl halides is 3. The Morgan fingerprint density at radius 3 is 2.64 bits per heavy atom. The molecule has 0 fully saturated rings. The van der Waals surface area contributed by atoms with Crippen LogP contribution in [0.15, 0.2) is 90.7 Å². The number of rotatable bonds is 6. The Morgan fingerprint density at radius 1 is 1.08 bits per heavy atom. The molecule has 0 bridgehead atoms. The van der Waals surface area contributed by atoms with Gasteiger partial charge in [-0.25, -0.2) is 9.98 Å². The molecule has 8 nitrogen and oxygen atoms in total. The van der Waals surface area contributed by atoms with Crippen LogP contribution in [0, 0.1) is 13.8 Å². The van der Waals surface area contributed by atoms with Gasteiger partial charge in [0.1, 0.15) is 6.34 Å². The molecule has 3 heterocycles. The van der Waals surface area contributed by atoms with Gasteiger partial charge in [0.25, 0.3) is 5.91 Å². The molecule has 0 radical (unpaired) electrons. The zero-order valence-electron chi connectivity index (χ0n) is 21.0. The summed E-state index contributed by atoms with van der Waals surface area (Å²) in [5, 5.41) is 4.40. The normalized spacial score (nSPS) is 14.9. The lowest BCUT2D eigenvalue weighted by molar-refractivity contribution is -0.137. The van der Waals surface area contributed by atoms with Crippen molar-refractivity contribution in [2.24, 2.45) is 4.99 Å². The largest absolute Gasteiger partial charge is 0.416 e. The van der Waals surface area contributed by atoms with Gasteiger partial charge < -0.3 is 9.88 Å². The highest BCUT2D eigenvalue weighted by atomic mass is 19.4. The first-order valence-electron chi connectivity index (χ1n) is 12.0. The highest BCUT2D eigenvalue weighted by Gasteiger charge is 2.31. The van der Waals surface area contributed by atoms with E-state index in [4.69, 9.17) is 0 Å². The van der Waals surface area contributed by atoms with Crippen molar-refractivity contribution in [1.82, 2.24) is 19.5 Å². The number of halogens is 3. The maximum Gasteiger partial charge on any atom is 0.416 e. The fourth-order valence-corrected chi connectivity index (χ4v) is 4.11. The third-order valence-corrected chi connectivity index (χ3v) is 6.13. The van der Waals surface area contributed by atoms with Crippen LogP contribution in [-0.4, -0.2) is 31.8 Å². The number of aromatic nitrogens is 3. The molecule has 2 aromatic carbocycles. The number of aliphatic imine (C=N–C) groups is 1. The maximum absolute atomic E-state index is 13.6. The number of aryl methyl sites for hydroxylation is 2. The van der Waals surface area contributed by atoms with E-state index < -0.39 is 17.6 Å². The van der Waals surface area contributed by atoms with Crippen molar-refractivity contribution in [1.29, 1.82) is 0 Å². The van der Waals surface area contributed by atoms with E-state index in [1.54, 1.807) is 61.3 Å². The predicted octanol–water partition coefficient (Wildman–Crippen LogP) is 6.08. The molecule has 39 heavy (non-hydrogen) atoms. The van der Waals surface area contributed by atoms with Crippen LogP contribution in [0.4, 0.5) is 24.5 Å². The number of nitrogens with zero attached hydrogens (tertiary/aromatic N) is 5. The summed E-state index contributed by atoms with van der Waals surface area (Å²) in [7, 11) is 0. The smallest absolute Gasteiger partial charge is 0.322 e. The molecule has 1 atom stereocenters. The minimum atomic E-state index is -4.60. The van der Waals surface area contributed by atoms with E-state index in [9.17, 15) is 18.0 Å². The van der Waals surface area contributed by atoms with E-state index in [2.05, 4.69) is 25.7 Å². The zero-order valence-corrected chi connectivity index (χ0v) is 21.0. The topological polar surface area (TPSA) is 87.4 Å². The molecule has 1 unspecified atom stereocenters.